The van der Waals surface area contributed by atoms with Crippen LogP contribution in [-0.4, -0.2) is 64.4 Å². The Hall–Kier alpha value is -3.37. The Balaban J connectivity index is 1.85. The topological polar surface area (TPSA) is 93.5 Å². The average molecular weight is 438 g/mol. The Labute approximate surface area is 176 Å². The molecule has 1 aliphatic rings. The molecule has 2 aromatic rings. The second-order valence-electron chi connectivity index (χ2n) is 6.93. The average Bonchev–Trinajstić information content (AvgIpc) is 2.98. The van der Waals surface area contributed by atoms with Gasteiger partial charge in [-0.1, -0.05) is 0 Å². The van der Waals surface area contributed by atoms with Crippen LogP contribution >= 0.6 is 0 Å². The predicted octanol–water partition coefficient (Wildman–Crippen LogP) is 2.25. The van der Waals surface area contributed by atoms with Crippen LogP contribution in [0.15, 0.2) is 30.5 Å². The molecule has 1 fully saturated rings. The zero-order chi connectivity index (χ0) is 22.8. The molecule has 1 aromatic carbocycles. The van der Waals surface area contributed by atoms with Crippen molar-refractivity contribution in [3.8, 4) is 5.69 Å². The van der Waals surface area contributed by atoms with Crippen LogP contribution < -0.4 is 5.32 Å². The molecule has 0 spiro atoms. The highest BCUT2D eigenvalue weighted by atomic mass is 19.4. The predicted molar refractivity (Wildman–Crippen MR) is 103 cm³/mol. The molecule has 8 nitrogen and oxygen atoms in total. The van der Waals surface area contributed by atoms with E-state index in [-0.39, 0.29) is 30.8 Å². The monoisotopic (exact) mass is 438 g/mol. The van der Waals surface area contributed by atoms with E-state index < -0.39 is 36.4 Å². The van der Waals surface area contributed by atoms with Gasteiger partial charge < -0.3 is 15.0 Å². The molecule has 2 heterocycles. The van der Waals surface area contributed by atoms with Crippen molar-refractivity contribution in [3.05, 3.63) is 47.3 Å². The van der Waals surface area contributed by atoms with Gasteiger partial charge in [0.25, 0.3) is 5.91 Å². The van der Waals surface area contributed by atoms with E-state index in [0.717, 1.165) is 0 Å². The fourth-order valence-electron chi connectivity index (χ4n) is 3.36. The van der Waals surface area contributed by atoms with Crippen LogP contribution in [0.4, 0.5) is 13.2 Å². The van der Waals surface area contributed by atoms with Gasteiger partial charge in [0.2, 0.25) is 5.91 Å². The summed E-state index contributed by atoms with van der Waals surface area (Å²) < 4.78 is 46.8. The fraction of sp³-hybridized carbons (Fsp3) is 0.400. The lowest BCUT2D eigenvalue weighted by Crippen LogP contribution is -2.49. The standard InChI is InChI=1S/C20H21F3N4O4/c1-3-31-19(30)15-11-25-27(12(15)2)14-6-4-13(5-7-14)18(29)26-9-8-24-17(28)10-16(26)20(21,22)23/h4-7,11,16H,3,8-10H2,1-2H3,(H,24,28)/t16-/m0/s1. The van der Waals surface area contributed by atoms with Crippen LogP contribution in [0.3, 0.4) is 0 Å². The van der Waals surface area contributed by atoms with Gasteiger partial charge in [-0.05, 0) is 38.1 Å². The number of esters is 1. The van der Waals surface area contributed by atoms with E-state index >= 15 is 0 Å². The zero-order valence-electron chi connectivity index (χ0n) is 16.9. The number of benzene rings is 1. The third-order valence-corrected chi connectivity index (χ3v) is 4.93. The van der Waals surface area contributed by atoms with Gasteiger partial charge >= 0.3 is 12.1 Å². The van der Waals surface area contributed by atoms with E-state index in [1.54, 1.807) is 13.8 Å². The van der Waals surface area contributed by atoms with Crippen LogP contribution in [0.25, 0.3) is 5.69 Å². The summed E-state index contributed by atoms with van der Waals surface area (Å²) in [5.41, 5.74) is 1.37. The van der Waals surface area contributed by atoms with Gasteiger partial charge in [-0.3, -0.25) is 9.59 Å². The van der Waals surface area contributed by atoms with Crippen LogP contribution in [0.2, 0.25) is 0 Å². The van der Waals surface area contributed by atoms with Gasteiger partial charge in [-0.15, -0.1) is 0 Å². The number of amides is 2. The molecule has 0 unspecified atom stereocenters. The molecule has 0 bridgehead atoms. The lowest BCUT2D eigenvalue weighted by molar-refractivity contribution is -0.178. The van der Waals surface area contributed by atoms with Gasteiger partial charge in [-0.2, -0.15) is 18.3 Å². The van der Waals surface area contributed by atoms with Gasteiger partial charge in [0.05, 0.1) is 30.6 Å². The Bertz CT molecular complexity index is 985. The third kappa shape index (κ3) is 4.70. The first-order valence-electron chi connectivity index (χ1n) is 9.60. The number of alkyl halides is 3. The van der Waals surface area contributed by atoms with Gasteiger partial charge in [0.15, 0.2) is 0 Å². The lowest BCUT2D eigenvalue weighted by Gasteiger charge is -2.30. The molecule has 31 heavy (non-hydrogen) atoms. The highest BCUT2D eigenvalue weighted by molar-refractivity contribution is 5.95. The minimum atomic E-state index is -4.73. The van der Waals surface area contributed by atoms with Crippen molar-refractivity contribution in [1.82, 2.24) is 20.0 Å². The number of carbonyl (C=O) groups excluding carboxylic acids is 3. The molecule has 0 saturated carbocycles. The number of nitrogens with zero attached hydrogens (tertiary/aromatic N) is 3. The first-order chi connectivity index (χ1) is 14.6. The lowest BCUT2D eigenvalue weighted by atomic mass is 10.1. The number of rotatable bonds is 4. The van der Waals surface area contributed by atoms with E-state index in [4.69, 9.17) is 4.74 Å². The van der Waals surface area contributed by atoms with E-state index in [1.807, 2.05) is 0 Å². The number of hydrogen-bond acceptors (Lipinski definition) is 5. The molecule has 1 aliphatic heterocycles. The van der Waals surface area contributed by atoms with Crippen LogP contribution in [0.1, 0.15) is 39.8 Å². The number of halogens is 3. The highest BCUT2D eigenvalue weighted by Gasteiger charge is 2.47. The Kier molecular flexibility index (Phi) is 6.32. The summed E-state index contributed by atoms with van der Waals surface area (Å²) in [5, 5.41) is 6.50. The summed E-state index contributed by atoms with van der Waals surface area (Å²) >= 11 is 0. The summed E-state index contributed by atoms with van der Waals surface area (Å²) in [7, 11) is 0. The van der Waals surface area contributed by atoms with Crippen LogP contribution in [0, 0.1) is 6.92 Å². The van der Waals surface area contributed by atoms with E-state index in [2.05, 4.69) is 10.4 Å². The van der Waals surface area contributed by atoms with E-state index in [9.17, 15) is 27.6 Å². The number of hydrogen-bond donors (Lipinski definition) is 1. The minimum absolute atomic E-state index is 0.0442. The zero-order valence-corrected chi connectivity index (χ0v) is 16.9. The van der Waals surface area contributed by atoms with Crippen molar-refractivity contribution < 1.29 is 32.3 Å². The maximum Gasteiger partial charge on any atom is 0.409 e. The summed E-state index contributed by atoms with van der Waals surface area (Å²) in [6.45, 7) is 3.27. The van der Waals surface area contributed by atoms with Gasteiger partial charge in [-0.25, -0.2) is 9.48 Å². The molecule has 2 amide bonds. The minimum Gasteiger partial charge on any atom is -0.462 e. The SMILES string of the molecule is CCOC(=O)c1cnn(-c2ccc(C(=O)N3CCNC(=O)C[C@H]3C(F)(F)F)cc2)c1C. The molecule has 11 heteroatoms. The Morgan fingerprint density at radius 3 is 2.55 bits per heavy atom. The van der Waals surface area contributed by atoms with Crippen molar-refractivity contribution in [3.63, 3.8) is 0 Å². The fourth-order valence-corrected chi connectivity index (χ4v) is 3.36. The van der Waals surface area contributed by atoms with Crippen molar-refractivity contribution in [2.24, 2.45) is 0 Å². The molecule has 3 rings (SSSR count). The normalized spacial score (nSPS) is 17.1. The summed E-state index contributed by atoms with van der Waals surface area (Å²) in [6.07, 6.45) is -4.20. The first-order valence-corrected chi connectivity index (χ1v) is 9.60. The van der Waals surface area contributed by atoms with Gasteiger partial charge in [0.1, 0.15) is 11.6 Å². The first kappa shape index (κ1) is 22.3. The molecule has 1 aromatic heterocycles. The molecule has 0 radical (unpaired) electrons. The maximum absolute atomic E-state index is 13.5. The van der Waals surface area contributed by atoms with Crippen molar-refractivity contribution in [2.45, 2.75) is 32.5 Å². The summed E-state index contributed by atoms with van der Waals surface area (Å²) in [4.78, 5) is 37.0. The molecular weight excluding hydrogens is 417 g/mol. The molecule has 166 valence electrons. The summed E-state index contributed by atoms with van der Waals surface area (Å²) in [5.74, 6) is -2.09. The smallest absolute Gasteiger partial charge is 0.409 e. The number of aromatic nitrogens is 2. The molecule has 1 atom stereocenters. The molecular formula is C20H21F3N4O4. The van der Waals surface area contributed by atoms with E-state index in [1.165, 1.54) is 35.1 Å². The van der Waals surface area contributed by atoms with Crippen LogP contribution in [0.5, 0.6) is 0 Å². The molecule has 1 saturated heterocycles. The number of ether oxygens (including phenoxy) is 1. The molecule has 0 aliphatic carbocycles. The second kappa shape index (κ2) is 8.78. The van der Waals surface area contributed by atoms with Crippen LogP contribution in [-0.2, 0) is 9.53 Å². The van der Waals surface area contributed by atoms with Crippen molar-refractivity contribution >= 4 is 17.8 Å². The Morgan fingerprint density at radius 1 is 1.26 bits per heavy atom. The maximum atomic E-state index is 13.5. The largest absolute Gasteiger partial charge is 0.462 e. The highest BCUT2D eigenvalue weighted by Crippen LogP contribution is 2.29. The quantitative estimate of drug-likeness (QED) is 0.740. The number of carbonyl (C=O) groups is 3. The van der Waals surface area contributed by atoms with Crippen molar-refractivity contribution in [2.75, 3.05) is 19.7 Å². The summed E-state index contributed by atoms with van der Waals surface area (Å²) in [6, 6.07) is 3.62. The Morgan fingerprint density at radius 2 is 1.94 bits per heavy atom. The van der Waals surface area contributed by atoms with E-state index in [0.29, 0.717) is 16.3 Å². The second-order valence-corrected chi connectivity index (χ2v) is 6.93. The van der Waals surface area contributed by atoms with Crippen molar-refractivity contribution in [1.29, 1.82) is 0 Å². The third-order valence-electron chi connectivity index (χ3n) is 4.93. The number of nitrogens with one attached hydrogen (secondary N) is 1. The van der Waals surface area contributed by atoms with Gasteiger partial charge in [0, 0.05) is 18.7 Å². The molecule has 1 N–H and O–H groups in total.